The second-order valence-corrected chi connectivity index (χ2v) is 17.7. The number of carbonyl (C=O) groups excluding carboxylic acids is 1. The Balaban J connectivity index is 1.87. The van der Waals surface area contributed by atoms with Gasteiger partial charge in [-0.2, -0.15) is 0 Å². The van der Waals surface area contributed by atoms with Gasteiger partial charge in [-0.1, -0.05) is 104 Å². The van der Waals surface area contributed by atoms with Crippen LogP contribution in [0.3, 0.4) is 0 Å². The third kappa shape index (κ3) is 19.3. The largest absolute Gasteiger partial charge is 0.462 e. The Labute approximate surface area is 388 Å². The van der Waals surface area contributed by atoms with Gasteiger partial charge in [0.15, 0.2) is 12.1 Å². The number of carbonyl (C=O) groups is 1. The van der Waals surface area contributed by atoms with Crippen LogP contribution in [0.5, 0.6) is 0 Å². The molecule has 0 unspecified atom stereocenters. The maximum Gasteiger partial charge on any atom is 0.308 e. The molecule has 18 heteroatoms. The normalized spacial score (nSPS) is 45.1. The molecule has 18 nitrogen and oxygen atoms in total. The Kier molecular flexibility index (Phi) is 24.8. The number of fused-ring (bicyclic) bond motifs is 2. The molecule has 66 heavy (non-hydrogen) atoms. The van der Waals surface area contributed by atoms with E-state index in [0.29, 0.717) is 0 Å². The van der Waals surface area contributed by atoms with Crippen LogP contribution in [0, 0.1) is 17.8 Å². The molecule has 374 valence electrons. The van der Waals surface area contributed by atoms with Crippen molar-refractivity contribution in [2.24, 2.45) is 28.6 Å². The van der Waals surface area contributed by atoms with Crippen LogP contribution in [0.25, 0.3) is 0 Å². The number of hydrogen-bond donors (Lipinski definition) is 11. The summed E-state index contributed by atoms with van der Waals surface area (Å²) in [6, 6.07) is -1.09. The van der Waals surface area contributed by atoms with E-state index >= 15 is 0 Å². The van der Waals surface area contributed by atoms with Crippen LogP contribution in [0.2, 0.25) is 0 Å². The van der Waals surface area contributed by atoms with Gasteiger partial charge in [-0.15, -0.1) is 0 Å². The number of nitrogens with zero attached hydrogens (tertiary/aromatic N) is 1. The van der Waals surface area contributed by atoms with E-state index in [0.717, 1.165) is 0 Å². The summed E-state index contributed by atoms with van der Waals surface area (Å²) in [6.45, 7) is 6.83. The van der Waals surface area contributed by atoms with Crippen LogP contribution >= 0.6 is 0 Å². The maximum atomic E-state index is 12.6. The van der Waals surface area contributed by atoms with E-state index in [1.165, 1.54) is 13.3 Å². The van der Waals surface area contributed by atoms with Crippen molar-refractivity contribution in [3.8, 4) is 0 Å². The van der Waals surface area contributed by atoms with Gasteiger partial charge in [0.2, 0.25) is 0 Å². The molecule has 19 atom stereocenters. The first-order chi connectivity index (χ1) is 31.2. The standard InChI is InChI=1S/C48H76N2O16/c1-29-18-16-14-12-10-8-6-7-9-11-13-15-17-19-36(65-47-46(60)43(49)45(59)32(4)64-47)25-41-37(28-50-62-5)40(56)27-48(61,66-41)26-35(53)23-39(55)38(54)21-20-33(51)22-34(52)24-42(57)63-31(3)30(2)44(29)58/h6-19,28-41,43-47,51-56,58-61H,20-27,49H2,1-5H3/b7-6+,10-8+,11-9+,14-12+,15-13+,18-16-,19-17+,50-28+/t29-,30-,31-,32+,33+,34+,35-,36-,37+,38+,39+,40-,41-,43-,44+,45+,46-,47-,48+/m0/s1. The lowest BCUT2D eigenvalue weighted by Gasteiger charge is -2.45. The van der Waals surface area contributed by atoms with Crippen molar-refractivity contribution in [3.05, 3.63) is 85.1 Å². The zero-order valence-corrected chi connectivity index (χ0v) is 38.7. The van der Waals surface area contributed by atoms with E-state index in [-0.39, 0.29) is 38.0 Å². The summed E-state index contributed by atoms with van der Waals surface area (Å²) < 4.78 is 23.7. The Morgan fingerprint density at radius 2 is 1.27 bits per heavy atom. The predicted octanol–water partition coefficient (Wildman–Crippen LogP) is 1.26. The predicted molar refractivity (Wildman–Crippen MR) is 245 cm³/mol. The van der Waals surface area contributed by atoms with Crippen LogP contribution in [-0.4, -0.2) is 168 Å². The van der Waals surface area contributed by atoms with Gasteiger partial charge in [-0.05, 0) is 33.1 Å². The topological polar surface area (TPSA) is 304 Å². The first-order valence-corrected chi connectivity index (χ1v) is 22.8. The number of allylic oxidation sites excluding steroid dienone is 12. The molecule has 2 bridgehead atoms. The minimum Gasteiger partial charge on any atom is -0.462 e. The minimum absolute atomic E-state index is 0.0716. The monoisotopic (exact) mass is 937 g/mol. The fraction of sp³-hybridized carbons (Fsp3) is 0.667. The molecule has 0 aromatic heterocycles. The Bertz CT molecular complexity index is 1670. The van der Waals surface area contributed by atoms with Crippen molar-refractivity contribution in [3.63, 3.8) is 0 Å². The molecule has 3 rings (SSSR count). The summed E-state index contributed by atoms with van der Waals surface area (Å²) in [6.07, 6.45) is 7.81. The molecule has 12 N–H and O–H groups in total. The van der Waals surface area contributed by atoms with Crippen LogP contribution in [0.1, 0.15) is 79.1 Å². The average Bonchev–Trinajstić information content (AvgIpc) is 3.24. The second kappa shape index (κ2) is 28.8. The summed E-state index contributed by atoms with van der Waals surface area (Å²) in [4.78, 5) is 17.5. The van der Waals surface area contributed by atoms with Crippen molar-refractivity contribution in [2.45, 2.75) is 177 Å². The summed E-state index contributed by atoms with van der Waals surface area (Å²) in [5, 5.41) is 113. The number of hydrogen-bond acceptors (Lipinski definition) is 18. The van der Waals surface area contributed by atoms with Crippen molar-refractivity contribution >= 4 is 12.2 Å². The molecule has 3 aliphatic rings. The van der Waals surface area contributed by atoms with Crippen molar-refractivity contribution in [2.75, 3.05) is 7.11 Å². The molecule has 2 fully saturated rings. The van der Waals surface area contributed by atoms with E-state index in [4.69, 9.17) is 29.5 Å². The Morgan fingerprint density at radius 3 is 1.88 bits per heavy atom. The van der Waals surface area contributed by atoms with Crippen LogP contribution in [0.15, 0.2) is 90.2 Å². The lowest BCUT2D eigenvalue weighted by molar-refractivity contribution is -0.304. The van der Waals surface area contributed by atoms with Crippen LogP contribution in [-0.2, 0) is 28.6 Å². The van der Waals surface area contributed by atoms with E-state index in [1.807, 2.05) is 61.6 Å². The third-order valence-electron chi connectivity index (χ3n) is 12.1. The van der Waals surface area contributed by atoms with Gasteiger partial charge in [-0.3, -0.25) is 4.79 Å². The molecule has 0 amide bonds. The minimum atomic E-state index is -2.15. The zero-order chi connectivity index (χ0) is 49.0. The molecule has 0 aliphatic carbocycles. The van der Waals surface area contributed by atoms with Gasteiger partial charge < -0.3 is 80.6 Å². The van der Waals surface area contributed by atoms with Gasteiger partial charge in [0.05, 0.1) is 91.7 Å². The first-order valence-electron chi connectivity index (χ1n) is 22.8. The van der Waals surface area contributed by atoms with E-state index in [1.54, 1.807) is 51.2 Å². The van der Waals surface area contributed by atoms with Crippen LogP contribution < -0.4 is 5.73 Å². The number of esters is 1. The average molecular weight is 937 g/mol. The molecular formula is C48H76N2O16. The number of rotatable bonds is 4. The summed E-state index contributed by atoms with van der Waals surface area (Å²) in [5.74, 6) is -4.44. The number of aliphatic hydroxyl groups excluding tert-OH is 9. The Hall–Kier alpha value is -3.44. The molecule has 0 saturated carbocycles. The maximum absolute atomic E-state index is 12.6. The fourth-order valence-electron chi connectivity index (χ4n) is 8.00. The third-order valence-corrected chi connectivity index (χ3v) is 12.1. The molecule has 3 heterocycles. The highest BCUT2D eigenvalue weighted by molar-refractivity contribution is 5.70. The Morgan fingerprint density at radius 1 is 0.682 bits per heavy atom. The van der Waals surface area contributed by atoms with Gasteiger partial charge in [0.25, 0.3) is 0 Å². The highest BCUT2D eigenvalue weighted by Crippen LogP contribution is 2.37. The SMILES string of the molecule is CO/N=C/[C@H]1[C@@H]2C[C@@H](O[C@@H]3O[C@H](C)[C@@H](O)[C@H](N)[C@@H]3O)/C=C/C=C/C=C/C=C/C=C/C=C/C=C\[C@H](C)[C@@H](O)[C@@H](C)[C@H](C)OC(=O)C[C@H](O)C[C@H](O)CC[C@@H](O)[C@H](O)C[C@H](O)C[C@](O)(C[C@@H]1O)O2. The second-order valence-electron chi connectivity index (χ2n) is 17.7. The van der Waals surface area contributed by atoms with Crippen LogP contribution in [0.4, 0.5) is 0 Å². The molecule has 0 aromatic rings. The van der Waals surface area contributed by atoms with Gasteiger partial charge in [0.1, 0.15) is 19.3 Å². The summed E-state index contributed by atoms with van der Waals surface area (Å²) in [5.41, 5.74) is 6.08. The highest BCUT2D eigenvalue weighted by Gasteiger charge is 2.48. The van der Waals surface area contributed by atoms with E-state index in [2.05, 4.69) is 5.16 Å². The molecule has 0 spiro atoms. The van der Waals surface area contributed by atoms with Crippen molar-refractivity contribution in [1.82, 2.24) is 0 Å². The lowest BCUT2D eigenvalue weighted by atomic mass is 9.83. The smallest absolute Gasteiger partial charge is 0.308 e. The van der Waals surface area contributed by atoms with Crippen molar-refractivity contribution < 1.29 is 79.6 Å². The molecule has 3 aliphatic heterocycles. The summed E-state index contributed by atoms with van der Waals surface area (Å²) >= 11 is 0. The first kappa shape index (κ1) is 56.9. The molecular weight excluding hydrogens is 861 g/mol. The number of oxime groups is 1. The lowest BCUT2D eigenvalue weighted by Crippen LogP contribution is -2.61. The molecule has 0 radical (unpaired) electrons. The number of ether oxygens (including phenoxy) is 4. The number of aliphatic hydroxyl groups is 10. The quantitative estimate of drug-likeness (QED) is 0.107. The van der Waals surface area contributed by atoms with Gasteiger partial charge in [-0.25, -0.2) is 0 Å². The number of cyclic esters (lactones) is 1. The summed E-state index contributed by atoms with van der Waals surface area (Å²) in [7, 11) is 1.31. The van der Waals surface area contributed by atoms with Gasteiger partial charge >= 0.3 is 5.97 Å². The highest BCUT2D eigenvalue weighted by atomic mass is 16.7. The molecule has 0 aromatic carbocycles. The molecule has 2 saturated heterocycles. The zero-order valence-electron chi connectivity index (χ0n) is 38.7. The fourth-order valence-corrected chi connectivity index (χ4v) is 8.00. The van der Waals surface area contributed by atoms with Crippen molar-refractivity contribution in [1.29, 1.82) is 0 Å². The van der Waals surface area contributed by atoms with Gasteiger partial charge in [0, 0.05) is 37.5 Å². The van der Waals surface area contributed by atoms with E-state index in [9.17, 15) is 55.9 Å². The number of nitrogens with two attached hydrogens (primary N) is 1. The van der Waals surface area contributed by atoms with E-state index < -0.39 is 135 Å².